The number of nitrogens with zero attached hydrogens (tertiary/aromatic N) is 1. The lowest BCUT2D eigenvalue weighted by Crippen LogP contribution is -2.44. The van der Waals surface area contributed by atoms with Crippen molar-refractivity contribution in [3.8, 4) is 0 Å². The van der Waals surface area contributed by atoms with Gasteiger partial charge in [-0.05, 0) is 50.6 Å². The average Bonchev–Trinajstić information content (AvgIpc) is 2.47. The van der Waals surface area contributed by atoms with E-state index in [0.717, 1.165) is 37.2 Å². The molecule has 4 nitrogen and oxygen atoms in total. The molecule has 1 heterocycles. The number of anilines is 1. The van der Waals surface area contributed by atoms with Crippen LogP contribution < -0.4 is 15.5 Å². The van der Waals surface area contributed by atoms with Gasteiger partial charge in [0.15, 0.2) is 0 Å². The van der Waals surface area contributed by atoms with Crippen molar-refractivity contribution in [3.05, 3.63) is 29.6 Å². The lowest BCUT2D eigenvalue weighted by molar-refractivity contribution is -0.119. The number of hydrogen-bond acceptors (Lipinski definition) is 3. The second-order valence-corrected chi connectivity index (χ2v) is 5.68. The summed E-state index contributed by atoms with van der Waals surface area (Å²) < 4.78 is 13.5. The van der Waals surface area contributed by atoms with Crippen molar-refractivity contribution >= 4 is 11.6 Å². The van der Waals surface area contributed by atoms with Crippen LogP contribution in [0.1, 0.15) is 38.3 Å². The summed E-state index contributed by atoms with van der Waals surface area (Å²) >= 11 is 0. The molecule has 0 radical (unpaired) electrons. The zero-order chi connectivity index (χ0) is 15.4. The van der Waals surface area contributed by atoms with Crippen molar-refractivity contribution in [1.29, 1.82) is 0 Å². The van der Waals surface area contributed by atoms with E-state index in [0.29, 0.717) is 0 Å². The topological polar surface area (TPSA) is 44.4 Å². The quantitative estimate of drug-likeness (QED) is 0.894. The number of benzene rings is 1. The molecule has 1 aliphatic rings. The summed E-state index contributed by atoms with van der Waals surface area (Å²) in [6, 6.07) is 5.34. The van der Waals surface area contributed by atoms with Gasteiger partial charge in [-0.25, -0.2) is 4.39 Å². The van der Waals surface area contributed by atoms with Gasteiger partial charge in [0.1, 0.15) is 5.82 Å². The van der Waals surface area contributed by atoms with E-state index in [4.69, 9.17) is 0 Å². The number of halogens is 1. The van der Waals surface area contributed by atoms with Crippen LogP contribution in [0.4, 0.5) is 10.1 Å². The Labute approximate surface area is 125 Å². The molecule has 1 fully saturated rings. The normalized spacial score (nSPS) is 17.6. The second kappa shape index (κ2) is 6.89. The molecule has 1 aliphatic heterocycles. The summed E-state index contributed by atoms with van der Waals surface area (Å²) in [5.41, 5.74) is 2.06. The van der Waals surface area contributed by atoms with Crippen LogP contribution in [0, 0.1) is 5.82 Å². The SMILES string of the molecule is CNC(C)c1cc(F)ccc1N1CCC(NC(C)=O)CC1. The molecule has 1 atom stereocenters. The van der Waals surface area contributed by atoms with Crippen molar-refractivity contribution < 1.29 is 9.18 Å². The van der Waals surface area contributed by atoms with Gasteiger partial charge in [0, 0.05) is 37.8 Å². The maximum absolute atomic E-state index is 13.5. The van der Waals surface area contributed by atoms with Crippen LogP contribution >= 0.6 is 0 Å². The van der Waals surface area contributed by atoms with Crippen LogP contribution in [-0.4, -0.2) is 32.1 Å². The molecule has 1 aromatic carbocycles. The Hall–Kier alpha value is -1.62. The minimum atomic E-state index is -0.205. The number of carbonyl (C=O) groups is 1. The Bertz CT molecular complexity index is 498. The lowest BCUT2D eigenvalue weighted by Gasteiger charge is -2.35. The zero-order valence-corrected chi connectivity index (χ0v) is 12.9. The van der Waals surface area contributed by atoms with E-state index in [-0.39, 0.29) is 23.8 Å². The van der Waals surface area contributed by atoms with Gasteiger partial charge in [-0.15, -0.1) is 0 Å². The number of nitrogens with one attached hydrogen (secondary N) is 2. The molecular formula is C16H24FN3O. The van der Waals surface area contributed by atoms with E-state index in [1.54, 1.807) is 13.0 Å². The van der Waals surface area contributed by atoms with Crippen molar-refractivity contribution in [2.75, 3.05) is 25.0 Å². The summed E-state index contributed by atoms with van der Waals surface area (Å²) in [6.07, 6.45) is 1.84. The molecule has 5 heteroatoms. The predicted molar refractivity (Wildman–Crippen MR) is 82.9 cm³/mol. The smallest absolute Gasteiger partial charge is 0.217 e. The van der Waals surface area contributed by atoms with Gasteiger partial charge < -0.3 is 15.5 Å². The fraction of sp³-hybridized carbons (Fsp3) is 0.562. The van der Waals surface area contributed by atoms with Crippen molar-refractivity contribution in [2.24, 2.45) is 0 Å². The van der Waals surface area contributed by atoms with Gasteiger partial charge in [-0.2, -0.15) is 0 Å². The molecule has 1 aromatic rings. The minimum Gasteiger partial charge on any atom is -0.371 e. The number of piperidine rings is 1. The molecule has 1 saturated heterocycles. The molecule has 0 aromatic heterocycles. The van der Waals surface area contributed by atoms with Crippen molar-refractivity contribution in [2.45, 2.75) is 38.8 Å². The Morgan fingerprint density at radius 2 is 2.05 bits per heavy atom. The average molecular weight is 293 g/mol. The van der Waals surface area contributed by atoms with Gasteiger partial charge >= 0.3 is 0 Å². The molecular weight excluding hydrogens is 269 g/mol. The van der Waals surface area contributed by atoms with E-state index in [1.807, 2.05) is 20.0 Å². The van der Waals surface area contributed by atoms with Crippen LogP contribution in [-0.2, 0) is 4.79 Å². The van der Waals surface area contributed by atoms with Crippen LogP contribution in [0.25, 0.3) is 0 Å². The first-order chi connectivity index (χ1) is 10.0. The van der Waals surface area contributed by atoms with Gasteiger partial charge in [0.25, 0.3) is 0 Å². The molecule has 1 unspecified atom stereocenters. The predicted octanol–water partition coefficient (Wildman–Crippen LogP) is 2.21. The van der Waals surface area contributed by atoms with E-state index in [1.165, 1.54) is 6.07 Å². The van der Waals surface area contributed by atoms with Crippen LogP contribution in [0.3, 0.4) is 0 Å². The first-order valence-electron chi connectivity index (χ1n) is 7.50. The van der Waals surface area contributed by atoms with Crippen LogP contribution in [0.5, 0.6) is 0 Å². The maximum Gasteiger partial charge on any atom is 0.217 e. The molecule has 0 bridgehead atoms. The highest BCUT2D eigenvalue weighted by Gasteiger charge is 2.22. The zero-order valence-electron chi connectivity index (χ0n) is 12.9. The van der Waals surface area contributed by atoms with Crippen molar-refractivity contribution in [1.82, 2.24) is 10.6 Å². The second-order valence-electron chi connectivity index (χ2n) is 5.68. The molecule has 0 saturated carbocycles. The molecule has 21 heavy (non-hydrogen) atoms. The van der Waals surface area contributed by atoms with Gasteiger partial charge in [-0.1, -0.05) is 0 Å². The first-order valence-corrected chi connectivity index (χ1v) is 7.50. The molecule has 1 amide bonds. The molecule has 2 N–H and O–H groups in total. The lowest BCUT2D eigenvalue weighted by atomic mass is 10.0. The van der Waals surface area contributed by atoms with Crippen LogP contribution in [0.2, 0.25) is 0 Å². The Morgan fingerprint density at radius 3 is 2.62 bits per heavy atom. The number of amides is 1. The van der Waals surface area contributed by atoms with Crippen molar-refractivity contribution in [3.63, 3.8) is 0 Å². The Balaban J connectivity index is 2.11. The van der Waals surface area contributed by atoms with Gasteiger partial charge in [0.05, 0.1) is 0 Å². The molecule has 116 valence electrons. The molecule has 0 aliphatic carbocycles. The Kier molecular flexibility index (Phi) is 5.17. The molecule has 2 rings (SSSR count). The number of hydrogen-bond donors (Lipinski definition) is 2. The largest absolute Gasteiger partial charge is 0.371 e. The third-order valence-electron chi connectivity index (χ3n) is 4.13. The van der Waals surface area contributed by atoms with Crippen LogP contribution in [0.15, 0.2) is 18.2 Å². The highest BCUT2D eigenvalue weighted by atomic mass is 19.1. The number of carbonyl (C=O) groups excluding carboxylic acids is 1. The summed E-state index contributed by atoms with van der Waals surface area (Å²) in [7, 11) is 1.88. The third kappa shape index (κ3) is 3.94. The van der Waals surface area contributed by atoms with Gasteiger partial charge in [-0.3, -0.25) is 4.79 Å². The van der Waals surface area contributed by atoms with E-state index in [2.05, 4.69) is 15.5 Å². The standard InChI is InChI=1S/C16H24FN3O/c1-11(18-3)15-10-13(17)4-5-16(15)20-8-6-14(7-9-20)19-12(2)21/h4-5,10-11,14,18H,6-9H2,1-3H3,(H,19,21). The first kappa shape index (κ1) is 15.8. The minimum absolute atomic E-state index is 0.0275. The van der Waals surface area contributed by atoms with Gasteiger partial charge in [0.2, 0.25) is 5.91 Å². The van der Waals surface area contributed by atoms with E-state index in [9.17, 15) is 9.18 Å². The fourth-order valence-electron chi connectivity index (χ4n) is 2.87. The maximum atomic E-state index is 13.5. The third-order valence-corrected chi connectivity index (χ3v) is 4.13. The van der Waals surface area contributed by atoms with E-state index >= 15 is 0 Å². The highest BCUT2D eigenvalue weighted by molar-refractivity contribution is 5.73. The number of rotatable bonds is 4. The highest BCUT2D eigenvalue weighted by Crippen LogP contribution is 2.29. The monoisotopic (exact) mass is 293 g/mol. The molecule has 0 spiro atoms. The van der Waals surface area contributed by atoms with E-state index < -0.39 is 0 Å². The Morgan fingerprint density at radius 1 is 1.38 bits per heavy atom. The summed E-state index contributed by atoms with van der Waals surface area (Å²) in [6.45, 7) is 5.33. The summed E-state index contributed by atoms with van der Waals surface area (Å²) in [5, 5.41) is 6.15. The fourth-order valence-corrected chi connectivity index (χ4v) is 2.87. The summed E-state index contributed by atoms with van der Waals surface area (Å²) in [5.74, 6) is -0.177. The summed E-state index contributed by atoms with van der Waals surface area (Å²) in [4.78, 5) is 13.4.